The van der Waals surface area contributed by atoms with Crippen molar-refractivity contribution in [3.05, 3.63) is 30.3 Å². The lowest BCUT2D eigenvalue weighted by molar-refractivity contribution is -0.161. The summed E-state index contributed by atoms with van der Waals surface area (Å²) >= 11 is 5.73. The molecule has 3 rings (SSSR count). The summed E-state index contributed by atoms with van der Waals surface area (Å²) in [6, 6.07) is 9.14. The predicted molar refractivity (Wildman–Crippen MR) is 100 cm³/mol. The predicted octanol–water partition coefficient (Wildman–Crippen LogP) is 3.99. The average Bonchev–Trinajstić information content (AvgIpc) is 3.16. The highest BCUT2D eigenvalue weighted by Crippen LogP contribution is 2.29. The van der Waals surface area contributed by atoms with Crippen molar-refractivity contribution in [2.45, 2.75) is 82.3 Å². The maximum absolute atomic E-state index is 12.3. The first-order chi connectivity index (χ1) is 12.7. The first kappa shape index (κ1) is 19.5. The molecule has 1 N–H and O–H groups in total. The number of carbonyl (C=O) groups is 1. The van der Waals surface area contributed by atoms with Crippen molar-refractivity contribution in [1.82, 2.24) is 4.84 Å². The minimum absolute atomic E-state index is 0.116. The minimum atomic E-state index is -0.498. The van der Waals surface area contributed by atoms with Gasteiger partial charge in [0.1, 0.15) is 17.9 Å². The molecule has 4 atom stereocenters. The molecule has 0 radical (unpaired) electrons. The second-order valence-corrected chi connectivity index (χ2v) is 7.43. The fraction of sp³-hybridized carbons (Fsp3) is 0.650. The smallest absolute Gasteiger partial charge is 0.324 e. The van der Waals surface area contributed by atoms with Crippen LogP contribution in [0.5, 0.6) is 5.75 Å². The van der Waals surface area contributed by atoms with Crippen molar-refractivity contribution < 1.29 is 19.0 Å². The number of esters is 1. The molecule has 2 fully saturated rings. The molecule has 0 aromatic heterocycles. The van der Waals surface area contributed by atoms with E-state index in [9.17, 15) is 4.79 Å². The van der Waals surface area contributed by atoms with Crippen molar-refractivity contribution in [2.75, 3.05) is 0 Å². The molecule has 26 heavy (non-hydrogen) atoms. The lowest BCUT2D eigenvalue weighted by Gasteiger charge is -2.33. The van der Waals surface area contributed by atoms with E-state index in [1.54, 1.807) is 0 Å². The van der Waals surface area contributed by atoms with Gasteiger partial charge in [-0.1, -0.05) is 31.0 Å². The Morgan fingerprint density at radius 2 is 1.81 bits per heavy atom. The lowest BCUT2D eigenvalue weighted by Crippen LogP contribution is -2.46. The zero-order chi connectivity index (χ0) is 18.4. The Kier molecular flexibility index (Phi) is 7.17. The number of para-hydroxylation sites is 1. The van der Waals surface area contributed by atoms with E-state index in [1.807, 2.05) is 37.3 Å². The fourth-order valence-corrected chi connectivity index (χ4v) is 3.98. The highest BCUT2D eigenvalue weighted by atomic mass is 35.5. The third kappa shape index (κ3) is 5.12. The van der Waals surface area contributed by atoms with Crippen molar-refractivity contribution in [3.63, 3.8) is 0 Å². The van der Waals surface area contributed by atoms with E-state index in [2.05, 4.69) is 4.84 Å². The van der Waals surface area contributed by atoms with Gasteiger partial charge in [-0.3, -0.25) is 4.79 Å². The number of benzene rings is 1. The van der Waals surface area contributed by atoms with E-state index in [0.717, 1.165) is 31.4 Å². The maximum Gasteiger partial charge on any atom is 0.324 e. The van der Waals surface area contributed by atoms with E-state index in [0.29, 0.717) is 6.42 Å². The van der Waals surface area contributed by atoms with Gasteiger partial charge in [0.2, 0.25) is 0 Å². The molecule has 0 bridgehead atoms. The van der Waals surface area contributed by atoms with Crippen LogP contribution in [0.15, 0.2) is 30.3 Å². The average molecular weight is 382 g/mol. The van der Waals surface area contributed by atoms with Crippen LogP contribution in [0.25, 0.3) is 0 Å². The molecular weight excluding hydrogens is 354 g/mol. The van der Waals surface area contributed by atoms with Gasteiger partial charge in [0.05, 0.1) is 12.2 Å². The third-order valence-corrected chi connectivity index (χ3v) is 5.48. The number of halogens is 1. The van der Waals surface area contributed by atoms with Gasteiger partial charge >= 0.3 is 5.97 Å². The van der Waals surface area contributed by atoms with Gasteiger partial charge in [-0.25, -0.2) is 4.84 Å². The van der Waals surface area contributed by atoms with E-state index in [1.165, 1.54) is 12.8 Å². The monoisotopic (exact) mass is 381 g/mol. The molecule has 2 aliphatic rings. The van der Waals surface area contributed by atoms with Crippen LogP contribution < -0.4 is 9.57 Å². The minimum Gasteiger partial charge on any atom is -0.484 e. The SMILES string of the molecule is C[C@@H]1OC(=O)[C@@H](NCl)CCC[C@H](OC2CCCC2)[C@H]1Oc1ccccc1. The maximum atomic E-state index is 12.3. The second kappa shape index (κ2) is 9.58. The molecule has 0 unspecified atom stereocenters. The quantitative estimate of drug-likeness (QED) is 0.617. The Morgan fingerprint density at radius 1 is 1.08 bits per heavy atom. The molecule has 1 aromatic carbocycles. The van der Waals surface area contributed by atoms with Gasteiger partial charge in [-0.05, 0) is 62.9 Å². The summed E-state index contributed by atoms with van der Waals surface area (Å²) in [5.74, 6) is 0.419. The van der Waals surface area contributed by atoms with Crippen molar-refractivity contribution in [2.24, 2.45) is 0 Å². The van der Waals surface area contributed by atoms with Crippen LogP contribution in [0.3, 0.4) is 0 Å². The van der Waals surface area contributed by atoms with Crippen molar-refractivity contribution >= 4 is 17.7 Å². The topological polar surface area (TPSA) is 56.8 Å². The summed E-state index contributed by atoms with van der Waals surface area (Å²) in [6.45, 7) is 1.87. The summed E-state index contributed by atoms with van der Waals surface area (Å²) in [5.41, 5.74) is 0. The third-order valence-electron chi connectivity index (χ3n) is 5.21. The largest absolute Gasteiger partial charge is 0.484 e. The number of rotatable bonds is 5. The van der Waals surface area contributed by atoms with Crippen LogP contribution in [0.4, 0.5) is 0 Å². The summed E-state index contributed by atoms with van der Waals surface area (Å²) in [5, 5.41) is 0. The summed E-state index contributed by atoms with van der Waals surface area (Å²) in [4.78, 5) is 14.9. The van der Waals surface area contributed by atoms with Gasteiger partial charge in [0, 0.05) is 0 Å². The summed E-state index contributed by atoms with van der Waals surface area (Å²) < 4.78 is 18.3. The molecule has 1 saturated heterocycles. The molecule has 0 spiro atoms. The standard InChI is InChI=1S/C20H28ClNO4/c1-14-19(26-16-8-3-2-4-9-16)18(25-15-10-5-6-11-15)13-7-12-17(22-21)20(23)24-14/h2-4,8-9,14-15,17-19,22H,5-7,10-13H2,1H3/t14-,17-,18-,19-/m0/s1. The van der Waals surface area contributed by atoms with Crippen molar-refractivity contribution in [1.29, 1.82) is 0 Å². The lowest BCUT2D eigenvalue weighted by atomic mass is 10.0. The molecule has 1 heterocycles. The van der Waals surface area contributed by atoms with Crippen LogP contribution in [0.1, 0.15) is 51.9 Å². The molecular formula is C20H28ClNO4. The Morgan fingerprint density at radius 3 is 2.50 bits per heavy atom. The molecule has 6 heteroatoms. The Labute approximate surface area is 160 Å². The Hall–Kier alpha value is -1.30. The molecule has 1 aliphatic heterocycles. The summed E-state index contributed by atoms with van der Waals surface area (Å²) in [7, 11) is 0. The van der Waals surface area contributed by atoms with Gasteiger partial charge in [-0.2, -0.15) is 0 Å². The first-order valence-corrected chi connectivity index (χ1v) is 9.99. The van der Waals surface area contributed by atoms with Gasteiger partial charge in [-0.15, -0.1) is 0 Å². The van der Waals surface area contributed by atoms with E-state index < -0.39 is 12.1 Å². The van der Waals surface area contributed by atoms with E-state index >= 15 is 0 Å². The normalized spacial score (nSPS) is 30.9. The second-order valence-electron chi connectivity index (χ2n) is 7.21. The molecule has 5 nitrogen and oxygen atoms in total. The van der Waals surface area contributed by atoms with Crippen LogP contribution in [-0.4, -0.2) is 36.4 Å². The molecule has 1 saturated carbocycles. The molecule has 1 aromatic rings. The number of cyclic esters (lactones) is 1. The van der Waals surface area contributed by atoms with Gasteiger partial charge in [0.15, 0.2) is 6.10 Å². The zero-order valence-corrected chi connectivity index (χ0v) is 16.0. The molecule has 0 amide bonds. The van der Waals surface area contributed by atoms with Crippen LogP contribution >= 0.6 is 11.8 Å². The molecule has 1 aliphatic carbocycles. The number of hydrogen-bond donors (Lipinski definition) is 1. The number of nitrogens with one attached hydrogen (secondary N) is 1. The van der Waals surface area contributed by atoms with Crippen LogP contribution in [0.2, 0.25) is 0 Å². The van der Waals surface area contributed by atoms with Gasteiger partial charge < -0.3 is 14.2 Å². The summed E-state index contributed by atoms with van der Waals surface area (Å²) in [6.07, 6.45) is 6.23. The Bertz CT molecular complexity index is 564. The van der Waals surface area contributed by atoms with Gasteiger partial charge in [0.25, 0.3) is 0 Å². The van der Waals surface area contributed by atoms with Crippen LogP contribution in [-0.2, 0) is 14.3 Å². The van der Waals surface area contributed by atoms with E-state index in [4.69, 9.17) is 26.0 Å². The molecule has 144 valence electrons. The fourth-order valence-electron chi connectivity index (χ4n) is 3.78. The van der Waals surface area contributed by atoms with Crippen LogP contribution in [0, 0.1) is 0 Å². The zero-order valence-electron chi connectivity index (χ0n) is 15.2. The van der Waals surface area contributed by atoms with Crippen molar-refractivity contribution in [3.8, 4) is 5.75 Å². The first-order valence-electron chi connectivity index (χ1n) is 9.61. The Balaban J connectivity index is 1.79. The number of hydrogen-bond acceptors (Lipinski definition) is 5. The van der Waals surface area contributed by atoms with E-state index in [-0.39, 0.29) is 24.3 Å². The highest BCUT2D eigenvalue weighted by molar-refractivity contribution is 6.14. The number of ether oxygens (including phenoxy) is 3. The highest BCUT2D eigenvalue weighted by Gasteiger charge is 2.37. The number of carbonyl (C=O) groups excluding carboxylic acids is 1.